The van der Waals surface area contributed by atoms with Gasteiger partial charge >= 0.3 is 5.97 Å². The fourth-order valence-corrected chi connectivity index (χ4v) is 1.80. The lowest BCUT2D eigenvalue weighted by Gasteiger charge is -2.09. The van der Waals surface area contributed by atoms with Crippen molar-refractivity contribution in [3.63, 3.8) is 0 Å². The van der Waals surface area contributed by atoms with Crippen LogP contribution in [0.5, 0.6) is 0 Å². The van der Waals surface area contributed by atoms with Crippen molar-refractivity contribution < 1.29 is 9.90 Å². The predicted molar refractivity (Wildman–Crippen MR) is 70.1 cm³/mol. The van der Waals surface area contributed by atoms with E-state index < -0.39 is 12.0 Å². The van der Waals surface area contributed by atoms with E-state index >= 15 is 0 Å². The van der Waals surface area contributed by atoms with Gasteiger partial charge in [-0.3, -0.25) is 0 Å². The van der Waals surface area contributed by atoms with Crippen molar-refractivity contribution in [1.82, 2.24) is 0 Å². The largest absolute Gasteiger partial charge is 0.479 e. The van der Waals surface area contributed by atoms with Crippen LogP contribution in [0.15, 0.2) is 47.5 Å². The van der Waals surface area contributed by atoms with Gasteiger partial charge in [-0.1, -0.05) is 36.4 Å². The maximum atomic E-state index is 11.2. The molecule has 1 atom stereocenters. The Bertz CT molecular complexity index is 618. The Kier molecular flexibility index (Phi) is 3.14. The second-order valence-corrected chi connectivity index (χ2v) is 3.90. The summed E-state index contributed by atoms with van der Waals surface area (Å²) in [7, 11) is 0. The Morgan fingerprint density at radius 3 is 2.39 bits per heavy atom. The van der Waals surface area contributed by atoms with Gasteiger partial charge in [-0.25, -0.2) is 9.79 Å². The molecule has 18 heavy (non-hydrogen) atoms. The number of benzene rings is 2. The minimum Gasteiger partial charge on any atom is -0.479 e. The molecule has 2 rings (SSSR count). The van der Waals surface area contributed by atoms with E-state index in [2.05, 4.69) is 4.99 Å². The SMILES string of the molecule is NC(N)=NC(C(=O)O)c1ccc2ccccc2c1. The lowest BCUT2D eigenvalue weighted by Crippen LogP contribution is -2.25. The zero-order chi connectivity index (χ0) is 13.1. The molecule has 0 aliphatic heterocycles. The van der Waals surface area contributed by atoms with Crippen LogP contribution in [0.4, 0.5) is 0 Å². The van der Waals surface area contributed by atoms with Crippen molar-refractivity contribution >= 4 is 22.7 Å². The van der Waals surface area contributed by atoms with Gasteiger partial charge in [0.25, 0.3) is 0 Å². The van der Waals surface area contributed by atoms with Gasteiger partial charge in [0.2, 0.25) is 0 Å². The van der Waals surface area contributed by atoms with Crippen LogP contribution in [0, 0.1) is 0 Å². The van der Waals surface area contributed by atoms with Crippen molar-refractivity contribution in [3.8, 4) is 0 Å². The Morgan fingerprint density at radius 1 is 1.11 bits per heavy atom. The minimum atomic E-state index is -1.08. The molecule has 0 aromatic heterocycles. The number of hydrogen-bond donors (Lipinski definition) is 3. The third kappa shape index (κ3) is 2.40. The van der Waals surface area contributed by atoms with Gasteiger partial charge in [0, 0.05) is 0 Å². The van der Waals surface area contributed by atoms with Crippen LogP contribution in [0.25, 0.3) is 10.8 Å². The fourth-order valence-electron chi connectivity index (χ4n) is 1.80. The molecule has 0 radical (unpaired) electrons. The van der Waals surface area contributed by atoms with E-state index in [1.807, 2.05) is 30.3 Å². The molecule has 5 N–H and O–H groups in total. The van der Waals surface area contributed by atoms with Crippen LogP contribution in [-0.4, -0.2) is 17.0 Å². The number of nitrogens with zero attached hydrogens (tertiary/aromatic N) is 1. The number of aliphatic imine (C=N–C) groups is 1. The molecule has 5 heteroatoms. The Labute approximate surface area is 104 Å². The highest BCUT2D eigenvalue weighted by Crippen LogP contribution is 2.23. The number of nitrogens with two attached hydrogens (primary N) is 2. The summed E-state index contributed by atoms with van der Waals surface area (Å²) in [6, 6.07) is 12.0. The van der Waals surface area contributed by atoms with Crippen LogP contribution in [0.3, 0.4) is 0 Å². The monoisotopic (exact) mass is 243 g/mol. The number of carbonyl (C=O) groups is 1. The average molecular weight is 243 g/mol. The van der Waals surface area contributed by atoms with Crippen LogP contribution >= 0.6 is 0 Å². The summed E-state index contributed by atoms with van der Waals surface area (Å²) in [6.45, 7) is 0. The van der Waals surface area contributed by atoms with E-state index in [0.29, 0.717) is 5.56 Å². The molecular weight excluding hydrogens is 230 g/mol. The summed E-state index contributed by atoms with van der Waals surface area (Å²) in [6.07, 6.45) is 0. The van der Waals surface area contributed by atoms with Crippen molar-refractivity contribution in [1.29, 1.82) is 0 Å². The van der Waals surface area contributed by atoms with E-state index in [0.717, 1.165) is 10.8 Å². The number of carboxylic acid groups (broad SMARTS) is 1. The molecule has 2 aromatic carbocycles. The highest BCUT2D eigenvalue weighted by atomic mass is 16.4. The third-order valence-electron chi connectivity index (χ3n) is 2.60. The number of guanidine groups is 1. The molecule has 0 heterocycles. The zero-order valence-electron chi connectivity index (χ0n) is 9.58. The first kappa shape index (κ1) is 11.9. The van der Waals surface area contributed by atoms with Gasteiger partial charge in [0.05, 0.1) is 0 Å². The van der Waals surface area contributed by atoms with Gasteiger partial charge in [0.1, 0.15) is 0 Å². The maximum Gasteiger partial charge on any atom is 0.333 e. The normalized spacial score (nSPS) is 12.0. The summed E-state index contributed by atoms with van der Waals surface area (Å²) in [5.41, 5.74) is 11.0. The number of carboxylic acids is 1. The summed E-state index contributed by atoms with van der Waals surface area (Å²) >= 11 is 0. The molecule has 0 fully saturated rings. The topological polar surface area (TPSA) is 102 Å². The summed E-state index contributed by atoms with van der Waals surface area (Å²) in [5, 5.41) is 11.1. The first-order valence-corrected chi connectivity index (χ1v) is 5.38. The fraction of sp³-hybridized carbons (Fsp3) is 0.0769. The van der Waals surface area contributed by atoms with Crippen LogP contribution in [0.2, 0.25) is 0 Å². The summed E-state index contributed by atoms with van der Waals surface area (Å²) < 4.78 is 0. The summed E-state index contributed by atoms with van der Waals surface area (Å²) in [5.74, 6) is -1.32. The van der Waals surface area contributed by atoms with Gasteiger partial charge in [-0.05, 0) is 22.4 Å². The Hall–Kier alpha value is -2.56. The molecule has 0 spiro atoms. The number of fused-ring (bicyclic) bond motifs is 1. The van der Waals surface area contributed by atoms with E-state index in [4.69, 9.17) is 16.6 Å². The Morgan fingerprint density at radius 2 is 1.78 bits per heavy atom. The molecule has 0 saturated carbocycles. The first-order chi connectivity index (χ1) is 8.58. The van der Waals surface area contributed by atoms with E-state index in [-0.39, 0.29) is 5.96 Å². The van der Waals surface area contributed by atoms with Crippen molar-refractivity contribution in [2.45, 2.75) is 6.04 Å². The van der Waals surface area contributed by atoms with Crippen LogP contribution in [-0.2, 0) is 4.79 Å². The highest BCUT2D eigenvalue weighted by Gasteiger charge is 2.19. The maximum absolute atomic E-state index is 11.2. The first-order valence-electron chi connectivity index (χ1n) is 5.38. The van der Waals surface area contributed by atoms with Crippen molar-refractivity contribution in [2.24, 2.45) is 16.5 Å². The molecule has 92 valence electrons. The molecule has 2 aromatic rings. The van der Waals surface area contributed by atoms with Gasteiger partial charge in [-0.15, -0.1) is 0 Å². The molecule has 0 bridgehead atoms. The number of hydrogen-bond acceptors (Lipinski definition) is 2. The third-order valence-corrected chi connectivity index (χ3v) is 2.60. The van der Waals surface area contributed by atoms with Crippen LogP contribution in [0.1, 0.15) is 11.6 Å². The zero-order valence-corrected chi connectivity index (χ0v) is 9.58. The van der Waals surface area contributed by atoms with E-state index in [1.54, 1.807) is 12.1 Å². The molecule has 0 amide bonds. The quantitative estimate of drug-likeness (QED) is 0.557. The van der Waals surface area contributed by atoms with Crippen LogP contribution < -0.4 is 11.5 Å². The predicted octanol–water partition coefficient (Wildman–Crippen LogP) is 1.24. The van der Waals surface area contributed by atoms with Gasteiger partial charge in [0.15, 0.2) is 12.0 Å². The lowest BCUT2D eigenvalue weighted by atomic mass is 10.0. The number of rotatable bonds is 3. The lowest BCUT2D eigenvalue weighted by molar-refractivity contribution is -0.138. The standard InChI is InChI=1S/C13H13N3O2/c14-13(15)16-11(12(17)18)10-6-5-8-3-1-2-4-9(8)7-10/h1-7,11H,(H,17,18)(H4,14,15,16). The molecule has 0 aliphatic rings. The molecular formula is C13H13N3O2. The second kappa shape index (κ2) is 4.75. The van der Waals surface area contributed by atoms with Gasteiger partial charge in [-0.2, -0.15) is 0 Å². The van der Waals surface area contributed by atoms with Gasteiger partial charge < -0.3 is 16.6 Å². The summed E-state index contributed by atoms with van der Waals surface area (Å²) in [4.78, 5) is 14.9. The number of aliphatic carboxylic acids is 1. The van der Waals surface area contributed by atoms with Crippen molar-refractivity contribution in [2.75, 3.05) is 0 Å². The molecule has 5 nitrogen and oxygen atoms in total. The second-order valence-electron chi connectivity index (χ2n) is 3.90. The minimum absolute atomic E-state index is 0.240. The highest BCUT2D eigenvalue weighted by molar-refractivity contribution is 5.87. The Balaban J connectivity index is 2.51. The van der Waals surface area contributed by atoms with E-state index in [1.165, 1.54) is 0 Å². The average Bonchev–Trinajstić information content (AvgIpc) is 2.35. The molecule has 0 saturated heterocycles. The van der Waals surface area contributed by atoms with Crippen molar-refractivity contribution in [3.05, 3.63) is 48.0 Å². The smallest absolute Gasteiger partial charge is 0.333 e. The molecule has 1 unspecified atom stereocenters. The molecule has 0 aliphatic carbocycles. The van der Waals surface area contributed by atoms with E-state index in [9.17, 15) is 4.79 Å².